The van der Waals surface area contributed by atoms with Crippen LogP contribution in [0.2, 0.25) is 0 Å². The topological polar surface area (TPSA) is 136 Å². The highest BCUT2D eigenvalue weighted by molar-refractivity contribution is 14.1. The van der Waals surface area contributed by atoms with E-state index in [0.717, 1.165) is 40.8 Å². The van der Waals surface area contributed by atoms with Crippen LogP contribution in [0.15, 0.2) is 40.2 Å². The second-order valence-corrected chi connectivity index (χ2v) is 10.1. The molecule has 36 heavy (non-hydrogen) atoms. The summed E-state index contributed by atoms with van der Waals surface area (Å²) in [6.45, 7) is 1.64. The molecule has 3 aromatic heterocycles. The molecule has 1 fully saturated rings. The Hall–Kier alpha value is -3.39. The number of rotatable bonds is 9. The van der Waals surface area contributed by atoms with E-state index in [1.54, 1.807) is 16.8 Å². The molecular weight excluding hydrogens is 575 g/mol. The van der Waals surface area contributed by atoms with Gasteiger partial charge in [0.25, 0.3) is 0 Å². The van der Waals surface area contributed by atoms with Gasteiger partial charge >= 0.3 is 5.69 Å². The zero-order valence-corrected chi connectivity index (χ0v) is 22.1. The van der Waals surface area contributed by atoms with Gasteiger partial charge in [-0.05, 0) is 80.2 Å². The van der Waals surface area contributed by atoms with Gasteiger partial charge in [-0.3, -0.25) is 9.98 Å². The number of fused-ring (bicyclic) bond motifs is 1. The molecule has 1 aliphatic carbocycles. The summed E-state index contributed by atoms with van der Waals surface area (Å²) in [4.78, 5) is 28.1. The van der Waals surface area contributed by atoms with Crippen molar-refractivity contribution in [2.45, 2.75) is 25.3 Å². The molecule has 0 saturated heterocycles. The molecule has 0 amide bonds. The number of halogens is 1. The van der Waals surface area contributed by atoms with Gasteiger partial charge in [0.2, 0.25) is 5.88 Å². The van der Waals surface area contributed by atoms with E-state index in [9.17, 15) is 9.90 Å². The van der Waals surface area contributed by atoms with Gasteiger partial charge in [-0.2, -0.15) is 9.61 Å². The number of hydrogen-bond acceptors (Lipinski definition) is 8. The average molecular weight is 602 g/mol. The second kappa shape index (κ2) is 10.3. The van der Waals surface area contributed by atoms with Crippen molar-refractivity contribution in [1.82, 2.24) is 29.5 Å². The van der Waals surface area contributed by atoms with Gasteiger partial charge < -0.3 is 25.0 Å². The Kier molecular flexibility index (Phi) is 6.96. The largest absolute Gasteiger partial charge is 0.493 e. The molecule has 3 heterocycles. The number of aromatic amines is 2. The maximum Gasteiger partial charge on any atom is 0.326 e. The van der Waals surface area contributed by atoms with Crippen LogP contribution in [0.25, 0.3) is 11.7 Å². The quantitative estimate of drug-likeness (QED) is 0.169. The van der Waals surface area contributed by atoms with E-state index in [-0.39, 0.29) is 17.6 Å². The standard InChI is InChI=1S/C24H27IN8O3/c1-32(2)8-3-9-36-19-7-6-16(11-17(19)25)27-20-12-21(28-15-4-5-15)33-22(30-20)14(13-26-33)10-18-23(34)31-24(35)29-18/h6-7,10-13,15,27,34H,3-5,8-9H2,1-2H3,(H2,29,31,35). The monoisotopic (exact) mass is 602 g/mol. The number of nitrogens with zero attached hydrogens (tertiary/aromatic N) is 5. The van der Waals surface area contributed by atoms with Crippen LogP contribution in [0.4, 0.5) is 11.5 Å². The average Bonchev–Trinajstić information content (AvgIpc) is 3.46. The van der Waals surface area contributed by atoms with E-state index in [4.69, 9.17) is 14.7 Å². The van der Waals surface area contributed by atoms with E-state index >= 15 is 0 Å². The molecule has 0 aliphatic heterocycles. The Morgan fingerprint density at radius 1 is 1.33 bits per heavy atom. The summed E-state index contributed by atoms with van der Waals surface area (Å²) in [5.41, 5.74) is 1.87. The number of nitrogens with one attached hydrogen (secondary N) is 3. The third kappa shape index (κ3) is 5.70. The third-order valence-corrected chi connectivity index (χ3v) is 6.43. The van der Waals surface area contributed by atoms with Crippen molar-refractivity contribution < 1.29 is 9.84 Å². The number of ether oxygens (including phenoxy) is 1. The summed E-state index contributed by atoms with van der Waals surface area (Å²) in [6, 6.07) is 8.08. The minimum Gasteiger partial charge on any atom is -0.493 e. The lowest BCUT2D eigenvalue weighted by molar-refractivity contribution is 0.280. The molecule has 11 nitrogen and oxygen atoms in total. The first-order chi connectivity index (χ1) is 17.4. The van der Waals surface area contributed by atoms with Crippen LogP contribution in [-0.2, 0) is 0 Å². The summed E-state index contributed by atoms with van der Waals surface area (Å²) in [5.74, 6) is 1.22. The minimum atomic E-state index is -0.491. The lowest BCUT2D eigenvalue weighted by Gasteiger charge is -2.13. The van der Waals surface area contributed by atoms with Crippen LogP contribution < -0.4 is 26.4 Å². The Labute approximate surface area is 220 Å². The first kappa shape index (κ1) is 24.3. The number of benzene rings is 1. The maximum absolute atomic E-state index is 11.5. The number of aromatic hydroxyl groups is 1. The van der Waals surface area contributed by atoms with E-state index in [2.05, 4.69) is 62.0 Å². The van der Waals surface area contributed by atoms with E-state index in [0.29, 0.717) is 28.8 Å². The van der Waals surface area contributed by atoms with E-state index in [1.807, 2.05) is 24.3 Å². The van der Waals surface area contributed by atoms with Crippen LogP contribution in [0.1, 0.15) is 25.0 Å². The number of H-pyrrole nitrogens is 2. The summed E-state index contributed by atoms with van der Waals surface area (Å²) in [5, 5.41) is 18.4. The highest BCUT2D eigenvalue weighted by Gasteiger charge is 2.20. The van der Waals surface area contributed by atoms with Crippen molar-refractivity contribution in [3.05, 3.63) is 60.9 Å². The molecule has 1 aromatic carbocycles. The first-order valence-electron chi connectivity index (χ1n) is 11.7. The Bertz CT molecular complexity index is 1570. The molecule has 12 heteroatoms. The van der Waals surface area contributed by atoms with Crippen LogP contribution in [-0.4, -0.2) is 67.9 Å². The number of imidazole rings is 1. The third-order valence-electron chi connectivity index (χ3n) is 5.59. The van der Waals surface area contributed by atoms with Gasteiger partial charge in [0.05, 0.1) is 22.4 Å². The van der Waals surface area contributed by atoms with Crippen molar-refractivity contribution >= 4 is 45.8 Å². The molecule has 0 unspecified atom stereocenters. The zero-order chi connectivity index (χ0) is 25.2. The fourth-order valence-electron chi connectivity index (χ4n) is 3.67. The molecule has 1 saturated carbocycles. The van der Waals surface area contributed by atoms with Crippen molar-refractivity contribution in [2.24, 2.45) is 4.99 Å². The molecule has 0 atom stereocenters. The number of hydrogen-bond donors (Lipinski definition) is 4. The van der Waals surface area contributed by atoms with E-state index in [1.165, 1.54) is 0 Å². The van der Waals surface area contributed by atoms with Crippen molar-refractivity contribution in [2.75, 3.05) is 32.6 Å². The van der Waals surface area contributed by atoms with Gasteiger partial charge in [0.15, 0.2) is 11.1 Å². The van der Waals surface area contributed by atoms with Crippen molar-refractivity contribution in [3.8, 4) is 11.6 Å². The Morgan fingerprint density at radius 2 is 2.17 bits per heavy atom. The normalized spacial score (nSPS) is 14.8. The van der Waals surface area contributed by atoms with Gasteiger partial charge in [-0.15, -0.1) is 0 Å². The fourth-order valence-corrected chi connectivity index (χ4v) is 4.34. The van der Waals surface area contributed by atoms with Crippen LogP contribution in [0.5, 0.6) is 11.6 Å². The van der Waals surface area contributed by atoms with Gasteiger partial charge in [-0.25, -0.2) is 9.78 Å². The van der Waals surface area contributed by atoms with Crippen molar-refractivity contribution in [3.63, 3.8) is 0 Å². The van der Waals surface area contributed by atoms with Gasteiger partial charge in [0, 0.05) is 23.5 Å². The summed E-state index contributed by atoms with van der Waals surface area (Å²) >= 11 is 2.27. The molecule has 0 bridgehead atoms. The predicted octanol–water partition coefficient (Wildman–Crippen LogP) is 1.74. The van der Waals surface area contributed by atoms with E-state index < -0.39 is 5.69 Å². The predicted molar refractivity (Wildman–Crippen MR) is 145 cm³/mol. The van der Waals surface area contributed by atoms with Crippen molar-refractivity contribution in [1.29, 1.82) is 0 Å². The molecule has 0 spiro atoms. The molecule has 0 radical (unpaired) electrons. The van der Waals surface area contributed by atoms with Crippen LogP contribution >= 0.6 is 22.6 Å². The first-order valence-corrected chi connectivity index (χ1v) is 12.7. The molecule has 188 valence electrons. The molecule has 1 aliphatic rings. The van der Waals surface area contributed by atoms with Gasteiger partial charge in [-0.1, -0.05) is 0 Å². The molecular formula is C24H27IN8O3. The summed E-state index contributed by atoms with van der Waals surface area (Å²) in [6.07, 6.45) is 6.32. The summed E-state index contributed by atoms with van der Waals surface area (Å²) in [7, 11) is 4.10. The molecule has 4 N–H and O–H groups in total. The van der Waals surface area contributed by atoms with Crippen LogP contribution in [0, 0.1) is 3.57 Å². The van der Waals surface area contributed by atoms with Gasteiger partial charge in [0.1, 0.15) is 17.3 Å². The minimum absolute atomic E-state index is 0.241. The fraction of sp³-hybridized carbons (Fsp3) is 0.333. The molecule has 4 aromatic rings. The number of aromatic nitrogens is 5. The van der Waals surface area contributed by atoms with Crippen LogP contribution in [0.3, 0.4) is 0 Å². The Morgan fingerprint density at radius 3 is 2.86 bits per heavy atom. The maximum atomic E-state index is 11.5. The summed E-state index contributed by atoms with van der Waals surface area (Å²) < 4.78 is 8.61. The lowest BCUT2D eigenvalue weighted by atomic mass is 10.3. The second-order valence-electron chi connectivity index (χ2n) is 8.96. The highest BCUT2D eigenvalue weighted by Crippen LogP contribution is 2.26. The molecule has 5 rings (SSSR count). The zero-order valence-electron chi connectivity index (χ0n) is 20.0. The highest BCUT2D eigenvalue weighted by atomic mass is 127. The lowest BCUT2D eigenvalue weighted by Crippen LogP contribution is -2.19. The SMILES string of the molecule is CN(C)CCCOc1ccc(Nc2cc(=NC3CC3)n3ncc(=Cc4[nH]c(=O)[nH]c4O)c3n2)cc1I. The number of anilines is 2. The Balaban J connectivity index is 1.46. The smallest absolute Gasteiger partial charge is 0.326 e.